The second-order valence-corrected chi connectivity index (χ2v) is 9.52. The maximum absolute atomic E-state index is 13.2. The first kappa shape index (κ1) is 25.2. The molecule has 3 rings (SSSR count). The van der Waals surface area contributed by atoms with E-state index in [4.69, 9.17) is 16.3 Å². The van der Waals surface area contributed by atoms with Crippen LogP contribution in [0.2, 0.25) is 5.02 Å². The van der Waals surface area contributed by atoms with Crippen LogP contribution in [0.4, 0.5) is 11.4 Å². The monoisotopic (exact) mass is 503 g/mol. The van der Waals surface area contributed by atoms with Gasteiger partial charge in [-0.15, -0.1) is 0 Å². The average molecular weight is 504 g/mol. The van der Waals surface area contributed by atoms with Crippen LogP contribution in [-0.4, -0.2) is 32.4 Å². The molecular formula is C23H22ClN3O6S. The molecule has 0 aliphatic carbocycles. The molecule has 0 bridgehead atoms. The van der Waals surface area contributed by atoms with Gasteiger partial charge in [-0.25, -0.2) is 8.42 Å². The van der Waals surface area contributed by atoms with Crippen LogP contribution in [0.25, 0.3) is 0 Å². The van der Waals surface area contributed by atoms with Gasteiger partial charge in [-0.1, -0.05) is 48.0 Å². The summed E-state index contributed by atoms with van der Waals surface area (Å²) in [5.41, 5.74) is 1.29. The number of carbonyl (C=O) groups is 1. The Bertz CT molecular complexity index is 1320. The number of nitrogens with zero attached hydrogens (tertiary/aromatic N) is 1. The number of hydrogen-bond donors (Lipinski definition) is 2. The van der Waals surface area contributed by atoms with E-state index >= 15 is 0 Å². The fourth-order valence-corrected chi connectivity index (χ4v) is 4.85. The minimum absolute atomic E-state index is 0.0305. The third-order valence-corrected chi connectivity index (χ3v) is 6.73. The average Bonchev–Trinajstić information content (AvgIpc) is 2.80. The topological polar surface area (TPSA) is 128 Å². The van der Waals surface area contributed by atoms with Gasteiger partial charge in [0.1, 0.15) is 16.7 Å². The van der Waals surface area contributed by atoms with Crippen LogP contribution < -0.4 is 14.8 Å². The van der Waals surface area contributed by atoms with Gasteiger partial charge in [-0.3, -0.25) is 14.9 Å². The Morgan fingerprint density at radius 3 is 2.47 bits per heavy atom. The predicted octanol–water partition coefficient (Wildman–Crippen LogP) is 4.09. The first-order chi connectivity index (χ1) is 16.1. The quantitative estimate of drug-likeness (QED) is 0.334. The molecule has 3 aromatic carbocycles. The van der Waals surface area contributed by atoms with Gasteiger partial charge < -0.3 is 10.1 Å². The molecule has 0 fully saturated rings. The van der Waals surface area contributed by atoms with E-state index in [-0.39, 0.29) is 33.5 Å². The molecule has 0 unspecified atom stereocenters. The lowest BCUT2D eigenvalue weighted by atomic mass is 10.1. The van der Waals surface area contributed by atoms with Crippen molar-refractivity contribution in [2.24, 2.45) is 0 Å². The number of nitro benzene ring substituents is 1. The van der Waals surface area contributed by atoms with Crippen LogP contribution in [0.1, 0.15) is 11.1 Å². The summed E-state index contributed by atoms with van der Waals surface area (Å²) in [4.78, 5) is 23.6. The van der Waals surface area contributed by atoms with Gasteiger partial charge in [-0.2, -0.15) is 4.72 Å². The molecule has 34 heavy (non-hydrogen) atoms. The van der Waals surface area contributed by atoms with Crippen molar-refractivity contribution in [1.82, 2.24) is 4.72 Å². The van der Waals surface area contributed by atoms with E-state index in [1.165, 1.54) is 43.5 Å². The minimum Gasteiger partial charge on any atom is -0.495 e. The van der Waals surface area contributed by atoms with Crippen molar-refractivity contribution in [2.75, 3.05) is 12.4 Å². The number of anilines is 1. The standard InChI is InChI=1S/C23H22ClN3O6S/c1-15-8-10-18(27(29)30)14-19(15)25-23(28)20(12-16-6-4-3-5-7-16)26-34(31,32)22-13-17(24)9-11-21(22)33-2/h3-11,13-14,20,26H,12H2,1-2H3,(H,25,28)/t20-/m1/s1. The summed E-state index contributed by atoms with van der Waals surface area (Å²) in [6, 6.07) is 15.8. The van der Waals surface area contributed by atoms with Gasteiger partial charge in [0.2, 0.25) is 15.9 Å². The third kappa shape index (κ3) is 6.10. The molecule has 0 spiro atoms. The smallest absolute Gasteiger partial charge is 0.271 e. The molecule has 3 aromatic rings. The summed E-state index contributed by atoms with van der Waals surface area (Å²) in [6.45, 7) is 1.67. The van der Waals surface area contributed by atoms with Crippen molar-refractivity contribution in [3.8, 4) is 5.75 Å². The zero-order valence-electron chi connectivity index (χ0n) is 18.3. The number of hydrogen-bond acceptors (Lipinski definition) is 6. The highest BCUT2D eigenvalue weighted by Gasteiger charge is 2.29. The van der Waals surface area contributed by atoms with Crippen LogP contribution in [0, 0.1) is 17.0 Å². The SMILES string of the molecule is COc1ccc(Cl)cc1S(=O)(=O)N[C@H](Cc1ccccc1)C(=O)Nc1cc([N+](=O)[O-])ccc1C. The minimum atomic E-state index is -4.24. The second-order valence-electron chi connectivity index (χ2n) is 7.40. The lowest BCUT2D eigenvalue weighted by molar-refractivity contribution is -0.384. The van der Waals surface area contributed by atoms with E-state index < -0.39 is 26.9 Å². The van der Waals surface area contributed by atoms with Crippen molar-refractivity contribution < 1.29 is 22.9 Å². The van der Waals surface area contributed by atoms with Crippen LogP contribution in [0.3, 0.4) is 0 Å². The number of ether oxygens (including phenoxy) is 1. The summed E-state index contributed by atoms with van der Waals surface area (Å²) in [7, 11) is -2.92. The van der Waals surface area contributed by atoms with Crippen molar-refractivity contribution in [2.45, 2.75) is 24.3 Å². The molecule has 1 amide bonds. The number of nitro groups is 1. The molecule has 0 aromatic heterocycles. The molecule has 0 saturated carbocycles. The Morgan fingerprint density at radius 1 is 1.12 bits per heavy atom. The summed E-state index contributed by atoms with van der Waals surface area (Å²) in [5, 5.41) is 13.9. The number of rotatable bonds is 9. The fraction of sp³-hybridized carbons (Fsp3) is 0.174. The Balaban J connectivity index is 1.96. The molecule has 178 valence electrons. The van der Waals surface area contributed by atoms with Gasteiger partial charge >= 0.3 is 0 Å². The number of halogens is 1. The van der Waals surface area contributed by atoms with E-state index in [1.54, 1.807) is 37.3 Å². The maximum atomic E-state index is 13.2. The molecule has 2 N–H and O–H groups in total. The highest BCUT2D eigenvalue weighted by Crippen LogP contribution is 2.28. The van der Waals surface area contributed by atoms with E-state index in [9.17, 15) is 23.3 Å². The predicted molar refractivity (Wildman–Crippen MR) is 129 cm³/mol. The Morgan fingerprint density at radius 2 is 1.82 bits per heavy atom. The number of non-ortho nitro benzene ring substituents is 1. The van der Waals surface area contributed by atoms with Crippen LogP contribution in [-0.2, 0) is 21.2 Å². The van der Waals surface area contributed by atoms with Crippen molar-refractivity contribution in [3.63, 3.8) is 0 Å². The van der Waals surface area contributed by atoms with Gasteiger partial charge in [-0.05, 0) is 42.7 Å². The summed E-state index contributed by atoms with van der Waals surface area (Å²) in [5.74, 6) is -0.623. The fourth-order valence-electron chi connectivity index (χ4n) is 3.23. The number of amides is 1. The maximum Gasteiger partial charge on any atom is 0.271 e. The molecule has 11 heteroatoms. The number of aryl methyl sites for hydroxylation is 1. The van der Waals surface area contributed by atoms with E-state index in [0.29, 0.717) is 11.1 Å². The van der Waals surface area contributed by atoms with Crippen molar-refractivity contribution in [3.05, 3.63) is 93.0 Å². The van der Waals surface area contributed by atoms with E-state index in [0.717, 1.165) is 0 Å². The molecule has 0 radical (unpaired) electrons. The molecule has 0 aliphatic heterocycles. The summed E-state index contributed by atoms with van der Waals surface area (Å²) in [6.07, 6.45) is 0.0305. The van der Waals surface area contributed by atoms with E-state index in [2.05, 4.69) is 10.0 Å². The zero-order valence-corrected chi connectivity index (χ0v) is 19.9. The molecule has 0 heterocycles. The number of sulfonamides is 1. The number of nitrogens with one attached hydrogen (secondary N) is 2. The first-order valence-electron chi connectivity index (χ1n) is 10.1. The lowest BCUT2D eigenvalue weighted by Crippen LogP contribution is -2.45. The highest BCUT2D eigenvalue weighted by atomic mass is 35.5. The zero-order chi connectivity index (χ0) is 24.9. The summed E-state index contributed by atoms with van der Waals surface area (Å²) >= 11 is 5.99. The Kier molecular flexibility index (Phi) is 7.87. The second kappa shape index (κ2) is 10.6. The number of benzene rings is 3. The Labute approximate surface area is 201 Å². The van der Waals surface area contributed by atoms with Gasteiger partial charge in [0.15, 0.2) is 0 Å². The van der Waals surface area contributed by atoms with Crippen LogP contribution >= 0.6 is 11.6 Å². The Hall–Kier alpha value is -3.47. The van der Waals surface area contributed by atoms with Gasteiger partial charge in [0.25, 0.3) is 5.69 Å². The van der Waals surface area contributed by atoms with Gasteiger partial charge in [0.05, 0.1) is 17.7 Å². The molecular weight excluding hydrogens is 482 g/mol. The van der Waals surface area contributed by atoms with Crippen molar-refractivity contribution >= 4 is 38.9 Å². The first-order valence-corrected chi connectivity index (χ1v) is 11.9. The third-order valence-electron chi connectivity index (χ3n) is 5.00. The molecule has 9 nitrogen and oxygen atoms in total. The summed E-state index contributed by atoms with van der Waals surface area (Å²) < 4.78 is 34.0. The largest absolute Gasteiger partial charge is 0.495 e. The normalized spacial score (nSPS) is 12.1. The highest BCUT2D eigenvalue weighted by molar-refractivity contribution is 7.89. The number of carbonyl (C=O) groups excluding carboxylic acids is 1. The van der Waals surface area contributed by atoms with Crippen LogP contribution in [0.5, 0.6) is 5.75 Å². The van der Waals surface area contributed by atoms with E-state index in [1.807, 2.05) is 0 Å². The van der Waals surface area contributed by atoms with Crippen molar-refractivity contribution in [1.29, 1.82) is 0 Å². The molecule has 0 saturated heterocycles. The van der Waals surface area contributed by atoms with Crippen LogP contribution in [0.15, 0.2) is 71.6 Å². The number of methoxy groups -OCH3 is 1. The lowest BCUT2D eigenvalue weighted by Gasteiger charge is -2.20. The molecule has 0 aliphatic rings. The van der Waals surface area contributed by atoms with Gasteiger partial charge in [0, 0.05) is 17.2 Å². The molecule has 1 atom stereocenters.